The minimum absolute atomic E-state index is 0.321. The van der Waals surface area contributed by atoms with Crippen molar-refractivity contribution in [2.24, 2.45) is 5.92 Å². The number of carboxylic acid groups (broad SMARTS) is 1. The molecule has 1 N–H and O–H groups in total. The van der Waals surface area contributed by atoms with Gasteiger partial charge in [-0.25, -0.2) is 9.59 Å². The molecule has 0 aliphatic carbocycles. The van der Waals surface area contributed by atoms with E-state index >= 15 is 0 Å². The molecule has 0 bridgehead atoms. The Kier molecular flexibility index (Phi) is 6.45. The molecule has 0 aromatic heterocycles. The molecule has 0 fully saturated rings. The molecule has 14 heavy (non-hydrogen) atoms. The van der Waals surface area contributed by atoms with E-state index in [1.807, 2.05) is 6.92 Å². The van der Waals surface area contributed by atoms with Gasteiger partial charge in [0.1, 0.15) is 0 Å². The standard InChI is InChI=1S/C10H16O4/c1-3-4-8(2)7-14-10(13)6-5-9(11)12/h5-6,8H,3-4,7H2,1-2H3,(H,11,12)/b6-5-. The Morgan fingerprint density at radius 2 is 2.07 bits per heavy atom. The number of esters is 1. The lowest BCUT2D eigenvalue weighted by Gasteiger charge is -2.08. The summed E-state index contributed by atoms with van der Waals surface area (Å²) >= 11 is 0. The molecule has 80 valence electrons. The van der Waals surface area contributed by atoms with Gasteiger partial charge < -0.3 is 9.84 Å². The van der Waals surface area contributed by atoms with Gasteiger partial charge in [-0.2, -0.15) is 0 Å². The third-order valence-corrected chi connectivity index (χ3v) is 1.65. The number of hydrogen-bond donors (Lipinski definition) is 1. The van der Waals surface area contributed by atoms with Crippen LogP contribution in [0, 0.1) is 5.92 Å². The van der Waals surface area contributed by atoms with E-state index in [9.17, 15) is 9.59 Å². The van der Waals surface area contributed by atoms with Crippen molar-refractivity contribution in [2.75, 3.05) is 6.61 Å². The summed E-state index contributed by atoms with van der Waals surface area (Å²) in [4.78, 5) is 20.9. The van der Waals surface area contributed by atoms with Crippen molar-refractivity contribution in [3.63, 3.8) is 0 Å². The molecule has 4 nitrogen and oxygen atoms in total. The molecule has 4 heteroatoms. The highest BCUT2D eigenvalue weighted by atomic mass is 16.5. The van der Waals surface area contributed by atoms with Crippen molar-refractivity contribution in [1.82, 2.24) is 0 Å². The first kappa shape index (κ1) is 12.7. The second-order valence-corrected chi connectivity index (χ2v) is 3.20. The van der Waals surface area contributed by atoms with E-state index in [0.717, 1.165) is 25.0 Å². The molecule has 1 unspecified atom stereocenters. The van der Waals surface area contributed by atoms with Crippen molar-refractivity contribution in [3.8, 4) is 0 Å². The summed E-state index contributed by atoms with van der Waals surface area (Å²) in [7, 11) is 0. The van der Waals surface area contributed by atoms with Gasteiger partial charge in [0.05, 0.1) is 6.61 Å². The molecule has 0 heterocycles. The van der Waals surface area contributed by atoms with Gasteiger partial charge in [0, 0.05) is 12.2 Å². The monoisotopic (exact) mass is 200 g/mol. The lowest BCUT2D eigenvalue weighted by molar-refractivity contribution is -0.139. The molecular formula is C10H16O4. The average molecular weight is 200 g/mol. The molecule has 0 aromatic carbocycles. The van der Waals surface area contributed by atoms with E-state index in [0.29, 0.717) is 12.5 Å². The number of hydrogen-bond acceptors (Lipinski definition) is 3. The fraction of sp³-hybridized carbons (Fsp3) is 0.600. The van der Waals surface area contributed by atoms with Crippen LogP contribution >= 0.6 is 0 Å². The minimum atomic E-state index is -1.15. The van der Waals surface area contributed by atoms with Gasteiger partial charge in [0.25, 0.3) is 0 Å². The molecule has 0 spiro atoms. The first-order valence-corrected chi connectivity index (χ1v) is 4.64. The third kappa shape index (κ3) is 7.34. The summed E-state index contributed by atoms with van der Waals surface area (Å²) in [5, 5.41) is 8.23. The Hall–Kier alpha value is -1.32. The largest absolute Gasteiger partial charge is 0.478 e. The highest BCUT2D eigenvalue weighted by Crippen LogP contribution is 2.05. The van der Waals surface area contributed by atoms with Gasteiger partial charge in [-0.1, -0.05) is 20.3 Å². The zero-order chi connectivity index (χ0) is 11.0. The van der Waals surface area contributed by atoms with Crippen LogP contribution in [0.5, 0.6) is 0 Å². The number of carbonyl (C=O) groups is 2. The average Bonchev–Trinajstić information content (AvgIpc) is 2.12. The summed E-state index contributed by atoms with van der Waals surface area (Å²) in [6, 6.07) is 0. The molecular weight excluding hydrogens is 184 g/mol. The molecule has 0 amide bonds. The van der Waals surface area contributed by atoms with Crippen molar-refractivity contribution in [3.05, 3.63) is 12.2 Å². The smallest absolute Gasteiger partial charge is 0.331 e. The Balaban J connectivity index is 3.68. The minimum Gasteiger partial charge on any atom is -0.478 e. The summed E-state index contributed by atoms with van der Waals surface area (Å²) in [5.74, 6) is -1.43. The zero-order valence-electron chi connectivity index (χ0n) is 8.53. The van der Waals surface area contributed by atoms with E-state index in [2.05, 4.69) is 6.92 Å². The van der Waals surface area contributed by atoms with E-state index in [1.54, 1.807) is 0 Å². The van der Waals surface area contributed by atoms with E-state index < -0.39 is 11.9 Å². The van der Waals surface area contributed by atoms with Gasteiger partial charge in [-0.15, -0.1) is 0 Å². The number of aliphatic carboxylic acids is 1. The van der Waals surface area contributed by atoms with Gasteiger partial charge in [0.15, 0.2) is 0 Å². The summed E-state index contributed by atoms with van der Waals surface area (Å²) in [5.41, 5.74) is 0. The van der Waals surface area contributed by atoms with Crippen molar-refractivity contribution >= 4 is 11.9 Å². The SMILES string of the molecule is CCCC(C)COC(=O)/C=C\C(=O)O. The highest BCUT2D eigenvalue weighted by Gasteiger charge is 2.04. The van der Waals surface area contributed by atoms with Crippen LogP contribution in [-0.2, 0) is 14.3 Å². The normalized spacial score (nSPS) is 12.7. The van der Waals surface area contributed by atoms with Gasteiger partial charge in [-0.05, 0) is 12.3 Å². The van der Waals surface area contributed by atoms with Crippen LogP contribution in [0.3, 0.4) is 0 Å². The topological polar surface area (TPSA) is 63.6 Å². The Morgan fingerprint density at radius 1 is 1.43 bits per heavy atom. The molecule has 0 aliphatic rings. The Bertz CT molecular complexity index is 220. The number of ether oxygens (including phenoxy) is 1. The second-order valence-electron chi connectivity index (χ2n) is 3.20. The van der Waals surface area contributed by atoms with Crippen LogP contribution in [0.2, 0.25) is 0 Å². The van der Waals surface area contributed by atoms with Crippen LogP contribution in [0.4, 0.5) is 0 Å². The lowest BCUT2D eigenvalue weighted by atomic mass is 10.1. The van der Waals surface area contributed by atoms with E-state index in [4.69, 9.17) is 9.84 Å². The van der Waals surface area contributed by atoms with Gasteiger partial charge in [-0.3, -0.25) is 0 Å². The van der Waals surface area contributed by atoms with Gasteiger partial charge in [0.2, 0.25) is 0 Å². The zero-order valence-corrected chi connectivity index (χ0v) is 8.53. The molecule has 0 radical (unpaired) electrons. The van der Waals surface area contributed by atoms with Crippen molar-refractivity contribution < 1.29 is 19.4 Å². The quantitative estimate of drug-likeness (QED) is 0.522. The number of carbonyl (C=O) groups excluding carboxylic acids is 1. The molecule has 1 atom stereocenters. The molecule has 0 aromatic rings. The molecule has 0 rings (SSSR count). The number of carboxylic acids is 1. The fourth-order valence-electron chi connectivity index (χ4n) is 0.988. The Labute approximate surface area is 83.6 Å². The van der Waals surface area contributed by atoms with Crippen molar-refractivity contribution in [1.29, 1.82) is 0 Å². The molecule has 0 aliphatic heterocycles. The van der Waals surface area contributed by atoms with Crippen LogP contribution in [0.1, 0.15) is 26.7 Å². The molecule has 0 saturated heterocycles. The first-order valence-electron chi connectivity index (χ1n) is 4.64. The summed E-state index contributed by atoms with van der Waals surface area (Å²) in [6.45, 7) is 4.39. The predicted octanol–water partition coefficient (Wildman–Crippen LogP) is 1.61. The maximum atomic E-state index is 10.9. The number of rotatable bonds is 6. The van der Waals surface area contributed by atoms with Crippen molar-refractivity contribution in [2.45, 2.75) is 26.7 Å². The highest BCUT2D eigenvalue weighted by molar-refractivity contribution is 5.90. The first-order chi connectivity index (χ1) is 6.56. The van der Waals surface area contributed by atoms with Crippen LogP contribution in [-0.4, -0.2) is 23.7 Å². The maximum absolute atomic E-state index is 10.9. The van der Waals surface area contributed by atoms with E-state index in [-0.39, 0.29) is 0 Å². The molecule has 0 saturated carbocycles. The summed E-state index contributed by atoms with van der Waals surface area (Å²) < 4.78 is 4.82. The maximum Gasteiger partial charge on any atom is 0.331 e. The fourth-order valence-corrected chi connectivity index (χ4v) is 0.988. The van der Waals surface area contributed by atoms with Crippen LogP contribution in [0.15, 0.2) is 12.2 Å². The Morgan fingerprint density at radius 3 is 2.57 bits per heavy atom. The van der Waals surface area contributed by atoms with E-state index in [1.165, 1.54) is 0 Å². The van der Waals surface area contributed by atoms with Crippen LogP contribution < -0.4 is 0 Å². The van der Waals surface area contributed by atoms with Gasteiger partial charge >= 0.3 is 11.9 Å². The van der Waals surface area contributed by atoms with Crippen LogP contribution in [0.25, 0.3) is 0 Å². The lowest BCUT2D eigenvalue weighted by Crippen LogP contribution is -2.10. The predicted molar refractivity (Wildman–Crippen MR) is 51.8 cm³/mol. The summed E-state index contributed by atoms with van der Waals surface area (Å²) in [6.07, 6.45) is 3.73. The second kappa shape index (κ2) is 7.12. The third-order valence-electron chi connectivity index (χ3n) is 1.65.